The van der Waals surface area contributed by atoms with E-state index in [4.69, 9.17) is 14.7 Å². The lowest BCUT2D eigenvalue weighted by molar-refractivity contribution is -0.166. The van der Waals surface area contributed by atoms with Crippen molar-refractivity contribution in [3.8, 4) is 6.07 Å². The Hall–Kier alpha value is -2.56. The van der Waals surface area contributed by atoms with Crippen LogP contribution >= 0.6 is 0 Å². The summed E-state index contributed by atoms with van der Waals surface area (Å²) in [5.74, 6) is -3.13. The largest absolute Gasteiger partial charge is 0.466 e. The molecule has 0 aromatic rings. The van der Waals surface area contributed by atoms with Gasteiger partial charge < -0.3 is 9.47 Å². The Bertz CT molecular complexity index is 565. The highest BCUT2D eigenvalue weighted by molar-refractivity contribution is 6.00. The van der Waals surface area contributed by atoms with E-state index in [-0.39, 0.29) is 12.4 Å². The summed E-state index contributed by atoms with van der Waals surface area (Å²) in [4.78, 5) is 38.4. The molecule has 0 aromatic carbocycles. The van der Waals surface area contributed by atoms with Crippen LogP contribution in [-0.2, 0) is 19.1 Å². The molecule has 2 heterocycles. The van der Waals surface area contributed by atoms with Crippen LogP contribution in [0.5, 0.6) is 0 Å². The molecule has 8 nitrogen and oxygen atoms in total. The number of hydrogen-bond donors (Lipinski definition) is 0. The van der Waals surface area contributed by atoms with Gasteiger partial charge in [0.2, 0.25) is 5.91 Å². The summed E-state index contributed by atoms with van der Waals surface area (Å²) in [6, 6.07) is 1.24. The van der Waals surface area contributed by atoms with Crippen LogP contribution in [-0.4, -0.2) is 54.6 Å². The number of esters is 1. The molecule has 0 saturated carbocycles. The Balaban J connectivity index is 2.44. The summed E-state index contributed by atoms with van der Waals surface area (Å²) < 4.78 is 10.3. The Morgan fingerprint density at radius 1 is 1.48 bits per heavy atom. The lowest BCUT2D eigenvalue weighted by Gasteiger charge is -2.44. The number of nitrogens with zero attached hydrogens (tertiary/aromatic N) is 3. The Labute approximate surface area is 121 Å². The zero-order chi connectivity index (χ0) is 15.7. The summed E-state index contributed by atoms with van der Waals surface area (Å²) >= 11 is 0. The van der Waals surface area contributed by atoms with Crippen LogP contribution in [0.25, 0.3) is 0 Å². The van der Waals surface area contributed by atoms with Gasteiger partial charge in [0, 0.05) is 14.1 Å². The molecule has 0 N–H and O–H groups in total. The molecule has 8 heteroatoms. The van der Waals surface area contributed by atoms with Crippen molar-refractivity contribution in [3.05, 3.63) is 11.8 Å². The Morgan fingerprint density at radius 3 is 2.71 bits per heavy atom. The normalized spacial score (nSPS) is 28.3. The summed E-state index contributed by atoms with van der Waals surface area (Å²) in [7, 11) is 2.79. The molecule has 2 aliphatic rings. The maximum absolute atomic E-state index is 12.3. The third kappa shape index (κ3) is 2.31. The average Bonchev–Trinajstić information content (AvgIpc) is 2.49. The summed E-state index contributed by atoms with van der Waals surface area (Å²) in [5.41, 5.74) is 0. The summed E-state index contributed by atoms with van der Waals surface area (Å²) in [6.45, 7) is 1.80. The summed E-state index contributed by atoms with van der Waals surface area (Å²) in [6.07, 6.45) is 0.282. The standard InChI is InChI=1S/C13H15N3O5/c1-4-20-12(18)8-5-7(6-14)21-11-9(8)10(17)15(2)13(19)16(11)3/h5,8-9,11H,4H2,1-3H3/t8-,9+,11-/m1/s1. The minimum atomic E-state index is -0.991. The van der Waals surface area contributed by atoms with Crippen LogP contribution in [0.15, 0.2) is 11.8 Å². The van der Waals surface area contributed by atoms with Crippen molar-refractivity contribution < 1.29 is 23.9 Å². The topological polar surface area (TPSA) is 99.9 Å². The molecule has 2 rings (SSSR count). The molecule has 0 aromatic heterocycles. The van der Waals surface area contributed by atoms with Gasteiger partial charge in [-0.3, -0.25) is 19.4 Å². The zero-order valence-electron chi connectivity index (χ0n) is 11.9. The first-order chi connectivity index (χ1) is 9.92. The molecule has 3 amide bonds. The van der Waals surface area contributed by atoms with E-state index in [1.165, 1.54) is 25.1 Å². The van der Waals surface area contributed by atoms with Gasteiger partial charge in [-0.05, 0) is 13.0 Å². The van der Waals surface area contributed by atoms with Crippen LogP contribution in [0.1, 0.15) is 6.92 Å². The number of rotatable bonds is 2. The van der Waals surface area contributed by atoms with Gasteiger partial charge in [0.05, 0.1) is 12.5 Å². The zero-order valence-corrected chi connectivity index (χ0v) is 11.9. The molecule has 1 fully saturated rings. The molecule has 21 heavy (non-hydrogen) atoms. The van der Waals surface area contributed by atoms with Gasteiger partial charge in [-0.15, -0.1) is 0 Å². The second kappa shape index (κ2) is 5.44. The van der Waals surface area contributed by atoms with E-state index in [9.17, 15) is 14.4 Å². The highest BCUT2D eigenvalue weighted by atomic mass is 16.5. The third-order valence-electron chi connectivity index (χ3n) is 3.53. The van der Waals surface area contributed by atoms with Crippen LogP contribution in [0.3, 0.4) is 0 Å². The van der Waals surface area contributed by atoms with Crippen LogP contribution in [0, 0.1) is 23.2 Å². The molecule has 0 unspecified atom stereocenters. The molecule has 0 aliphatic carbocycles. The highest BCUT2D eigenvalue weighted by Crippen LogP contribution is 2.35. The van der Waals surface area contributed by atoms with Crippen molar-refractivity contribution in [3.63, 3.8) is 0 Å². The lowest BCUT2D eigenvalue weighted by atomic mass is 9.85. The molecule has 1 saturated heterocycles. The van der Waals surface area contributed by atoms with Crippen molar-refractivity contribution in [1.29, 1.82) is 5.26 Å². The number of hydrogen-bond acceptors (Lipinski definition) is 6. The third-order valence-corrected chi connectivity index (χ3v) is 3.53. The second-order valence-corrected chi connectivity index (χ2v) is 4.75. The first-order valence-corrected chi connectivity index (χ1v) is 6.42. The van der Waals surface area contributed by atoms with E-state index in [0.717, 1.165) is 4.90 Å². The Morgan fingerprint density at radius 2 is 2.14 bits per heavy atom. The average molecular weight is 293 g/mol. The van der Waals surface area contributed by atoms with Gasteiger partial charge in [-0.2, -0.15) is 5.26 Å². The van der Waals surface area contributed by atoms with Gasteiger partial charge in [0.25, 0.3) is 0 Å². The fourth-order valence-electron chi connectivity index (χ4n) is 2.46. The number of fused-ring (bicyclic) bond motifs is 1. The first kappa shape index (κ1) is 14.8. The Kier molecular flexibility index (Phi) is 3.84. The van der Waals surface area contributed by atoms with Gasteiger partial charge in [-0.1, -0.05) is 0 Å². The second-order valence-electron chi connectivity index (χ2n) is 4.75. The molecule has 0 spiro atoms. The van der Waals surface area contributed by atoms with E-state index >= 15 is 0 Å². The number of carbonyl (C=O) groups excluding carboxylic acids is 3. The monoisotopic (exact) mass is 293 g/mol. The van der Waals surface area contributed by atoms with Crippen molar-refractivity contribution in [2.45, 2.75) is 13.2 Å². The van der Waals surface area contributed by atoms with Gasteiger partial charge in [-0.25, -0.2) is 4.79 Å². The molecular weight excluding hydrogens is 278 g/mol. The minimum Gasteiger partial charge on any atom is -0.466 e. The highest BCUT2D eigenvalue weighted by Gasteiger charge is 2.52. The molecule has 0 radical (unpaired) electrons. The van der Waals surface area contributed by atoms with Crippen molar-refractivity contribution in [1.82, 2.24) is 9.80 Å². The number of urea groups is 1. The SMILES string of the molecule is CCOC(=O)[C@@H]1C=C(C#N)O[C@@H]2[C@@H]1C(=O)N(C)C(=O)N2C. The van der Waals surface area contributed by atoms with Gasteiger partial charge >= 0.3 is 12.0 Å². The number of allylic oxidation sites excluding steroid dienone is 1. The van der Waals surface area contributed by atoms with Crippen LogP contribution in [0.2, 0.25) is 0 Å². The number of nitriles is 1. The number of amides is 3. The molecule has 112 valence electrons. The molecule has 3 atom stereocenters. The molecular formula is C13H15N3O5. The van der Waals surface area contributed by atoms with E-state index in [1.807, 2.05) is 0 Å². The smallest absolute Gasteiger partial charge is 0.329 e. The molecule has 2 aliphatic heterocycles. The van der Waals surface area contributed by atoms with Gasteiger partial charge in [0.15, 0.2) is 12.0 Å². The lowest BCUT2D eigenvalue weighted by Crippen LogP contribution is -2.63. The van der Waals surface area contributed by atoms with E-state index < -0.39 is 36.0 Å². The van der Waals surface area contributed by atoms with Crippen molar-refractivity contribution in [2.24, 2.45) is 11.8 Å². The van der Waals surface area contributed by atoms with Crippen LogP contribution in [0.4, 0.5) is 4.79 Å². The predicted molar refractivity (Wildman–Crippen MR) is 68.1 cm³/mol. The van der Waals surface area contributed by atoms with Crippen molar-refractivity contribution >= 4 is 17.9 Å². The van der Waals surface area contributed by atoms with E-state index in [1.54, 1.807) is 13.0 Å². The maximum atomic E-state index is 12.3. The summed E-state index contributed by atoms with van der Waals surface area (Å²) in [5, 5.41) is 8.99. The first-order valence-electron chi connectivity index (χ1n) is 6.42. The van der Waals surface area contributed by atoms with Gasteiger partial charge in [0.1, 0.15) is 12.0 Å². The molecule has 0 bridgehead atoms. The minimum absolute atomic E-state index is 0.105. The van der Waals surface area contributed by atoms with E-state index in [0.29, 0.717) is 0 Å². The fraction of sp³-hybridized carbons (Fsp3) is 0.538. The van der Waals surface area contributed by atoms with Crippen LogP contribution < -0.4 is 0 Å². The fourth-order valence-corrected chi connectivity index (χ4v) is 2.46. The predicted octanol–water partition coefficient (Wildman–Crippen LogP) is 0.0695. The van der Waals surface area contributed by atoms with Crippen molar-refractivity contribution in [2.75, 3.05) is 20.7 Å². The quantitative estimate of drug-likeness (QED) is 0.668. The number of imide groups is 1. The van der Waals surface area contributed by atoms with E-state index in [2.05, 4.69) is 0 Å². The number of carbonyl (C=O) groups is 3. The maximum Gasteiger partial charge on any atom is 0.329 e. The number of ether oxygens (including phenoxy) is 2.